The molecule has 0 fully saturated rings. The first-order chi connectivity index (χ1) is 8.21. The number of benzene rings is 1. The minimum absolute atomic E-state index is 0.333. The van der Waals surface area contributed by atoms with Crippen LogP contribution in [0.3, 0.4) is 0 Å². The van der Waals surface area contributed by atoms with E-state index < -0.39 is 0 Å². The van der Waals surface area contributed by atoms with Gasteiger partial charge in [-0.05, 0) is 45.0 Å². The van der Waals surface area contributed by atoms with Gasteiger partial charge in [-0.2, -0.15) is 0 Å². The van der Waals surface area contributed by atoms with Gasteiger partial charge in [-0.1, -0.05) is 0 Å². The third-order valence-electron chi connectivity index (χ3n) is 2.83. The van der Waals surface area contributed by atoms with Crippen LogP contribution < -0.4 is 10.2 Å². The lowest BCUT2D eigenvalue weighted by Gasteiger charge is -2.21. The minimum Gasteiger partial charge on any atom is -0.383 e. The molecule has 17 heavy (non-hydrogen) atoms. The maximum absolute atomic E-state index is 5.10. The summed E-state index contributed by atoms with van der Waals surface area (Å²) in [5.74, 6) is 0. The van der Waals surface area contributed by atoms with Crippen molar-refractivity contribution in [2.24, 2.45) is 0 Å². The van der Waals surface area contributed by atoms with E-state index in [2.05, 4.69) is 55.3 Å². The van der Waals surface area contributed by atoms with E-state index in [1.807, 2.05) is 0 Å². The molecule has 1 rings (SSSR count). The van der Waals surface area contributed by atoms with Crippen LogP contribution in [0.5, 0.6) is 0 Å². The number of nitrogens with zero attached hydrogens (tertiary/aromatic N) is 1. The summed E-state index contributed by atoms with van der Waals surface area (Å²) in [6.07, 6.45) is 0. The molecule has 0 aliphatic carbocycles. The van der Waals surface area contributed by atoms with Crippen LogP contribution in [0.1, 0.15) is 20.8 Å². The second-order valence-corrected chi connectivity index (χ2v) is 4.22. The zero-order valence-corrected chi connectivity index (χ0v) is 11.4. The summed E-state index contributed by atoms with van der Waals surface area (Å²) in [6, 6.07) is 8.91. The number of hydrogen-bond donors (Lipinski definition) is 1. The third kappa shape index (κ3) is 4.27. The lowest BCUT2D eigenvalue weighted by Crippen LogP contribution is -2.22. The monoisotopic (exact) mass is 236 g/mol. The molecule has 0 aromatic heterocycles. The van der Waals surface area contributed by atoms with Crippen molar-refractivity contribution < 1.29 is 4.74 Å². The number of rotatable bonds is 7. The largest absolute Gasteiger partial charge is 0.383 e. The molecule has 3 nitrogen and oxygen atoms in total. The lowest BCUT2D eigenvalue weighted by molar-refractivity contribution is 0.190. The highest BCUT2D eigenvalue weighted by Crippen LogP contribution is 2.18. The molecule has 0 aliphatic rings. The molecular formula is C14H24N2O. The highest BCUT2D eigenvalue weighted by molar-refractivity contribution is 5.55. The van der Waals surface area contributed by atoms with Crippen LogP contribution in [0, 0.1) is 0 Å². The Balaban J connectivity index is 2.61. The molecule has 0 saturated heterocycles. The maximum atomic E-state index is 5.10. The number of hydrogen-bond acceptors (Lipinski definition) is 3. The van der Waals surface area contributed by atoms with Gasteiger partial charge in [0.15, 0.2) is 0 Å². The Labute approximate surface area is 105 Å². The molecule has 1 aromatic rings. The van der Waals surface area contributed by atoms with Crippen LogP contribution in [0.25, 0.3) is 0 Å². The fraction of sp³-hybridized carbons (Fsp3) is 0.571. The first-order valence-electron chi connectivity index (χ1n) is 6.31. The molecule has 0 saturated carbocycles. The quantitative estimate of drug-likeness (QED) is 0.787. The van der Waals surface area contributed by atoms with E-state index in [9.17, 15) is 0 Å². The fourth-order valence-electron chi connectivity index (χ4n) is 1.93. The zero-order valence-electron chi connectivity index (χ0n) is 11.4. The third-order valence-corrected chi connectivity index (χ3v) is 2.83. The Morgan fingerprint density at radius 2 is 1.76 bits per heavy atom. The van der Waals surface area contributed by atoms with Crippen molar-refractivity contribution in [2.75, 3.05) is 37.0 Å². The SMILES string of the molecule is CCN(CC)c1ccc(NC(C)COC)cc1. The minimum atomic E-state index is 0.333. The number of anilines is 2. The van der Waals surface area contributed by atoms with E-state index in [-0.39, 0.29) is 0 Å². The van der Waals surface area contributed by atoms with E-state index in [0.717, 1.165) is 25.4 Å². The Kier molecular flexibility index (Phi) is 5.84. The lowest BCUT2D eigenvalue weighted by atomic mass is 10.2. The van der Waals surface area contributed by atoms with Crippen LogP contribution in [0.4, 0.5) is 11.4 Å². The van der Waals surface area contributed by atoms with Gasteiger partial charge in [-0.3, -0.25) is 0 Å². The maximum Gasteiger partial charge on any atom is 0.0661 e. The number of methoxy groups -OCH3 is 1. The van der Waals surface area contributed by atoms with Gasteiger partial charge in [0.2, 0.25) is 0 Å². The van der Waals surface area contributed by atoms with Gasteiger partial charge in [-0.25, -0.2) is 0 Å². The molecule has 1 aromatic carbocycles. The Bertz CT molecular complexity index is 307. The first-order valence-corrected chi connectivity index (χ1v) is 6.31. The Morgan fingerprint density at radius 3 is 2.24 bits per heavy atom. The molecule has 1 atom stereocenters. The normalized spacial score (nSPS) is 12.2. The predicted octanol–water partition coefficient (Wildman–Crippen LogP) is 2.98. The molecule has 0 bridgehead atoms. The molecule has 1 unspecified atom stereocenters. The van der Waals surface area contributed by atoms with Crippen LogP contribution in [-0.2, 0) is 4.74 Å². The Morgan fingerprint density at radius 1 is 1.18 bits per heavy atom. The summed E-state index contributed by atoms with van der Waals surface area (Å²) >= 11 is 0. The van der Waals surface area contributed by atoms with Gasteiger partial charge in [0.05, 0.1) is 6.61 Å². The molecule has 0 radical (unpaired) electrons. The molecular weight excluding hydrogens is 212 g/mol. The predicted molar refractivity (Wildman–Crippen MR) is 75.0 cm³/mol. The highest BCUT2D eigenvalue weighted by Gasteiger charge is 2.03. The van der Waals surface area contributed by atoms with Gasteiger partial charge < -0.3 is 15.0 Å². The summed E-state index contributed by atoms with van der Waals surface area (Å²) in [5, 5.41) is 3.40. The molecule has 96 valence electrons. The van der Waals surface area contributed by atoms with Crippen LogP contribution in [0.2, 0.25) is 0 Å². The van der Waals surface area contributed by atoms with Gasteiger partial charge in [0.1, 0.15) is 0 Å². The van der Waals surface area contributed by atoms with Crippen molar-refractivity contribution in [1.29, 1.82) is 0 Å². The summed E-state index contributed by atoms with van der Waals surface area (Å²) in [6.45, 7) is 9.28. The molecule has 0 amide bonds. The van der Waals surface area contributed by atoms with Crippen molar-refractivity contribution in [3.63, 3.8) is 0 Å². The molecule has 0 spiro atoms. The average molecular weight is 236 g/mol. The smallest absolute Gasteiger partial charge is 0.0661 e. The van der Waals surface area contributed by atoms with Crippen molar-refractivity contribution in [1.82, 2.24) is 0 Å². The fourth-order valence-corrected chi connectivity index (χ4v) is 1.93. The summed E-state index contributed by atoms with van der Waals surface area (Å²) in [4.78, 5) is 2.34. The number of ether oxygens (including phenoxy) is 1. The van der Waals surface area contributed by atoms with E-state index in [1.165, 1.54) is 5.69 Å². The average Bonchev–Trinajstić information content (AvgIpc) is 2.33. The highest BCUT2D eigenvalue weighted by atomic mass is 16.5. The van der Waals surface area contributed by atoms with Gasteiger partial charge >= 0.3 is 0 Å². The standard InChI is InChI=1S/C14H24N2O/c1-5-16(6-2)14-9-7-13(8-10-14)15-12(3)11-17-4/h7-10,12,15H,5-6,11H2,1-4H3. The second-order valence-electron chi connectivity index (χ2n) is 4.22. The van der Waals surface area contributed by atoms with Gasteiger partial charge in [-0.15, -0.1) is 0 Å². The summed E-state index contributed by atoms with van der Waals surface area (Å²) < 4.78 is 5.10. The van der Waals surface area contributed by atoms with E-state index >= 15 is 0 Å². The van der Waals surface area contributed by atoms with Gasteiger partial charge in [0.25, 0.3) is 0 Å². The molecule has 0 heterocycles. The van der Waals surface area contributed by atoms with Crippen molar-refractivity contribution in [3.05, 3.63) is 24.3 Å². The molecule has 0 aliphatic heterocycles. The van der Waals surface area contributed by atoms with Crippen LogP contribution in [0.15, 0.2) is 24.3 Å². The summed E-state index contributed by atoms with van der Waals surface area (Å²) in [7, 11) is 1.72. The van der Waals surface area contributed by atoms with Crippen molar-refractivity contribution in [3.8, 4) is 0 Å². The Hall–Kier alpha value is -1.22. The second kappa shape index (κ2) is 7.17. The summed E-state index contributed by atoms with van der Waals surface area (Å²) in [5.41, 5.74) is 2.42. The van der Waals surface area contributed by atoms with E-state index in [1.54, 1.807) is 7.11 Å². The zero-order chi connectivity index (χ0) is 12.7. The van der Waals surface area contributed by atoms with Crippen LogP contribution >= 0.6 is 0 Å². The van der Waals surface area contributed by atoms with Gasteiger partial charge in [0, 0.05) is 37.6 Å². The van der Waals surface area contributed by atoms with Crippen LogP contribution in [-0.4, -0.2) is 32.8 Å². The van der Waals surface area contributed by atoms with E-state index in [0.29, 0.717) is 6.04 Å². The topological polar surface area (TPSA) is 24.5 Å². The first kappa shape index (κ1) is 13.8. The van der Waals surface area contributed by atoms with Crippen molar-refractivity contribution in [2.45, 2.75) is 26.8 Å². The molecule has 3 heteroatoms. The number of nitrogens with one attached hydrogen (secondary N) is 1. The van der Waals surface area contributed by atoms with Crippen molar-refractivity contribution >= 4 is 11.4 Å². The molecule has 1 N–H and O–H groups in total. The van der Waals surface area contributed by atoms with E-state index in [4.69, 9.17) is 4.74 Å².